The molecule has 8 rings (SSSR count). The second kappa shape index (κ2) is 15.7. The summed E-state index contributed by atoms with van der Waals surface area (Å²) in [5.41, 5.74) is 2.01. The smallest absolute Gasteiger partial charge is 0.371 e. The zero-order valence-electron chi connectivity index (χ0n) is 31.7. The Morgan fingerprint density at radius 2 is 1.53 bits per heavy atom. The molecule has 0 bridgehead atoms. The van der Waals surface area contributed by atoms with Gasteiger partial charge in [0.25, 0.3) is 0 Å². The lowest BCUT2D eigenvalue weighted by Crippen LogP contribution is -2.49. The third-order valence-electron chi connectivity index (χ3n) is 11.6. The van der Waals surface area contributed by atoms with E-state index in [1.807, 2.05) is 19.2 Å². The summed E-state index contributed by atoms with van der Waals surface area (Å²) < 4.78 is 69.2. The maximum atomic E-state index is 13.7. The Morgan fingerprint density at radius 1 is 0.842 bits per heavy atom. The van der Waals surface area contributed by atoms with Crippen LogP contribution in [0.2, 0.25) is 0 Å². The number of carbonyl (C=O) groups excluding carboxylic acids is 2. The molecule has 4 aromatic rings. The number of urea groups is 1. The van der Waals surface area contributed by atoms with Crippen LogP contribution >= 0.6 is 0 Å². The predicted molar refractivity (Wildman–Crippen MR) is 209 cm³/mol. The molecule has 0 atom stereocenters. The topological polar surface area (TPSA) is 152 Å². The minimum atomic E-state index is -4.51. The molecule has 4 saturated heterocycles. The van der Waals surface area contributed by atoms with E-state index in [0.29, 0.717) is 31.1 Å². The number of carbonyl (C=O) groups is 2. The van der Waals surface area contributed by atoms with Gasteiger partial charge in [0.2, 0.25) is 21.9 Å². The number of hydrogen-bond acceptors (Lipinski definition) is 11. The van der Waals surface area contributed by atoms with E-state index in [4.69, 9.17) is 0 Å². The van der Waals surface area contributed by atoms with Crippen molar-refractivity contribution in [3.63, 3.8) is 0 Å². The van der Waals surface area contributed by atoms with Crippen molar-refractivity contribution in [3.8, 4) is 0 Å². The Kier molecular flexibility index (Phi) is 10.7. The molecule has 0 aliphatic carbocycles. The lowest BCUT2D eigenvalue weighted by molar-refractivity contribution is -0.138. The zero-order chi connectivity index (χ0) is 39.9. The lowest BCUT2D eigenvalue weighted by Gasteiger charge is -2.40. The van der Waals surface area contributed by atoms with Crippen LogP contribution in [-0.4, -0.2) is 121 Å². The molecule has 57 heavy (non-hydrogen) atoms. The number of fused-ring (bicyclic) bond motifs is 1. The summed E-state index contributed by atoms with van der Waals surface area (Å²) in [5, 5.41) is 10.9. The first-order valence-electron chi connectivity index (χ1n) is 19.4. The molecule has 0 spiro atoms. The SMILES string of the molecule is Cn1nc(N2CCC(=O)NC2=O)c2ccc(N3CCN(CC4CCN(c5cccc(S(=O)(=O)N6CCC(Nc7ncc(C(F)(F)F)cn7)CC6)c5)CC4)CC3)cc21. The summed E-state index contributed by atoms with van der Waals surface area (Å²) in [6, 6.07) is 12.8. The van der Waals surface area contributed by atoms with Gasteiger partial charge < -0.3 is 15.1 Å². The number of sulfonamides is 1. The number of imide groups is 1. The molecule has 3 amide bonds. The van der Waals surface area contributed by atoms with Crippen molar-refractivity contribution in [3.05, 3.63) is 60.4 Å². The molecule has 4 aliphatic rings. The van der Waals surface area contributed by atoms with Crippen molar-refractivity contribution in [1.82, 2.24) is 34.3 Å². The van der Waals surface area contributed by atoms with Crippen LogP contribution in [0.5, 0.6) is 0 Å². The number of halogens is 3. The van der Waals surface area contributed by atoms with Gasteiger partial charge in [-0.25, -0.2) is 23.2 Å². The zero-order valence-corrected chi connectivity index (χ0v) is 32.5. The average Bonchev–Trinajstić information content (AvgIpc) is 3.53. The molecule has 19 heteroatoms. The fourth-order valence-corrected chi connectivity index (χ4v) is 9.79. The molecule has 15 nitrogen and oxygen atoms in total. The van der Waals surface area contributed by atoms with E-state index < -0.39 is 27.8 Å². The highest BCUT2D eigenvalue weighted by atomic mass is 32.2. The van der Waals surface area contributed by atoms with Gasteiger partial charge in [0, 0.05) is 114 Å². The van der Waals surface area contributed by atoms with E-state index in [0.717, 1.165) is 93.3 Å². The van der Waals surface area contributed by atoms with E-state index in [2.05, 4.69) is 52.5 Å². The number of hydrogen-bond donors (Lipinski definition) is 2. The summed E-state index contributed by atoms with van der Waals surface area (Å²) in [7, 11) is -1.87. The highest BCUT2D eigenvalue weighted by Crippen LogP contribution is 2.33. The average molecular weight is 810 g/mol. The Labute approximate surface area is 328 Å². The van der Waals surface area contributed by atoms with Crippen molar-refractivity contribution in [2.75, 3.05) is 85.5 Å². The number of nitrogens with zero attached hydrogens (tertiary/aromatic N) is 9. The fraction of sp³-hybridized carbons (Fsp3) is 0.500. The first-order chi connectivity index (χ1) is 27.3. The van der Waals surface area contributed by atoms with E-state index in [1.54, 1.807) is 22.9 Å². The van der Waals surface area contributed by atoms with Gasteiger partial charge in [0.05, 0.1) is 16.0 Å². The lowest BCUT2D eigenvalue weighted by atomic mass is 9.95. The monoisotopic (exact) mass is 809 g/mol. The number of aromatic nitrogens is 4. The normalized spacial score (nSPS) is 20.0. The maximum absolute atomic E-state index is 13.7. The number of piperazine rings is 1. The number of benzene rings is 2. The van der Waals surface area contributed by atoms with Crippen LogP contribution in [0.3, 0.4) is 0 Å². The Morgan fingerprint density at radius 3 is 2.21 bits per heavy atom. The summed E-state index contributed by atoms with van der Waals surface area (Å²) in [5.74, 6) is 0.916. The van der Waals surface area contributed by atoms with Crippen molar-refractivity contribution in [2.24, 2.45) is 13.0 Å². The van der Waals surface area contributed by atoms with E-state index in [-0.39, 0.29) is 42.3 Å². The molecule has 304 valence electrons. The second-order valence-electron chi connectivity index (χ2n) is 15.2. The Balaban J connectivity index is 0.799. The first kappa shape index (κ1) is 38.8. The number of amides is 3. The van der Waals surface area contributed by atoms with Gasteiger partial charge in [-0.05, 0) is 68.0 Å². The minimum absolute atomic E-state index is 0.0861. The first-order valence-corrected chi connectivity index (χ1v) is 20.8. The largest absolute Gasteiger partial charge is 0.419 e. The molecule has 2 aromatic heterocycles. The quantitative estimate of drug-likeness (QED) is 0.251. The number of aryl methyl sites for hydroxylation is 1. The maximum Gasteiger partial charge on any atom is 0.419 e. The number of piperidine rings is 2. The van der Waals surface area contributed by atoms with Gasteiger partial charge in [0.1, 0.15) is 0 Å². The number of anilines is 4. The minimum Gasteiger partial charge on any atom is -0.371 e. The van der Waals surface area contributed by atoms with Crippen LogP contribution in [-0.2, 0) is 28.0 Å². The third kappa shape index (κ3) is 8.36. The van der Waals surface area contributed by atoms with Crippen molar-refractivity contribution in [1.29, 1.82) is 0 Å². The molecule has 2 N–H and O–H groups in total. The van der Waals surface area contributed by atoms with Crippen LogP contribution in [0.4, 0.5) is 41.1 Å². The second-order valence-corrected chi connectivity index (χ2v) is 17.2. The molecule has 6 heterocycles. The van der Waals surface area contributed by atoms with Crippen LogP contribution in [0.15, 0.2) is 59.8 Å². The van der Waals surface area contributed by atoms with Gasteiger partial charge in [-0.2, -0.15) is 22.6 Å². The number of nitrogens with one attached hydrogen (secondary N) is 2. The van der Waals surface area contributed by atoms with E-state index >= 15 is 0 Å². The van der Waals surface area contributed by atoms with E-state index in [9.17, 15) is 31.2 Å². The van der Waals surface area contributed by atoms with Crippen LogP contribution in [0.1, 0.15) is 37.7 Å². The summed E-state index contributed by atoms with van der Waals surface area (Å²) in [6.45, 7) is 7.26. The van der Waals surface area contributed by atoms with Crippen molar-refractivity contribution >= 4 is 56.0 Å². The van der Waals surface area contributed by atoms with Crippen molar-refractivity contribution < 1.29 is 31.2 Å². The molecular formula is C38H46F3N11O4S. The Bertz CT molecular complexity index is 2210. The van der Waals surface area contributed by atoms with Gasteiger partial charge in [-0.1, -0.05) is 6.07 Å². The molecule has 4 aliphatic heterocycles. The summed E-state index contributed by atoms with van der Waals surface area (Å²) in [6.07, 6.45) is 0.187. The summed E-state index contributed by atoms with van der Waals surface area (Å²) in [4.78, 5) is 40.7. The fourth-order valence-electron chi connectivity index (χ4n) is 8.28. The number of alkyl halides is 3. The number of rotatable bonds is 9. The van der Waals surface area contributed by atoms with Gasteiger partial charge in [-0.15, -0.1) is 0 Å². The molecule has 0 saturated carbocycles. The molecule has 4 fully saturated rings. The molecule has 0 unspecified atom stereocenters. The predicted octanol–water partition coefficient (Wildman–Crippen LogP) is 4.13. The Hall–Kier alpha value is -5.01. The highest BCUT2D eigenvalue weighted by Gasteiger charge is 2.34. The van der Waals surface area contributed by atoms with E-state index in [1.165, 1.54) is 9.21 Å². The van der Waals surface area contributed by atoms with Gasteiger partial charge >= 0.3 is 12.2 Å². The van der Waals surface area contributed by atoms with Crippen LogP contribution in [0.25, 0.3) is 10.9 Å². The molecular weight excluding hydrogens is 764 g/mol. The van der Waals surface area contributed by atoms with Gasteiger partial charge in [-0.3, -0.25) is 24.6 Å². The van der Waals surface area contributed by atoms with Crippen molar-refractivity contribution in [2.45, 2.75) is 49.2 Å². The molecule has 0 radical (unpaired) electrons. The molecule has 2 aromatic carbocycles. The van der Waals surface area contributed by atoms with Crippen LogP contribution in [0, 0.1) is 5.92 Å². The summed E-state index contributed by atoms with van der Waals surface area (Å²) >= 11 is 0. The van der Waals surface area contributed by atoms with Crippen LogP contribution < -0.4 is 25.3 Å². The third-order valence-corrected chi connectivity index (χ3v) is 13.5. The van der Waals surface area contributed by atoms with Gasteiger partial charge in [0.15, 0.2) is 5.82 Å². The highest BCUT2D eigenvalue weighted by molar-refractivity contribution is 7.89. The standard InChI is InChI=1S/C38H46F3N11O4S/c1-47-33-22-30(5-6-32(33)35(46-47)52-16-11-34(53)45-37(52)54)50-19-17-48(18-20-50)25-26-7-12-49(13-8-26)29-3-2-4-31(21-29)57(55,56)51-14-9-28(10-15-51)44-36-42-23-27(24-43-36)38(39,40)41/h2-6,21-24,26,28H,7-20,25H2,1H3,(H,42,43,44)(H,45,53,54).